The third-order valence-electron chi connectivity index (χ3n) is 5.22. The van der Waals surface area contributed by atoms with Crippen LogP contribution in [-0.4, -0.2) is 86.3 Å². The second-order valence-corrected chi connectivity index (χ2v) is 7.57. The zero-order valence-corrected chi connectivity index (χ0v) is 18.1. The molecule has 2 aliphatic rings. The van der Waals surface area contributed by atoms with E-state index in [-0.39, 0.29) is 35.9 Å². The zero-order chi connectivity index (χ0) is 21.0. The molecular weight excluding hydrogens is 423 g/mol. The van der Waals surface area contributed by atoms with E-state index in [1.807, 2.05) is 13.8 Å². The zero-order valence-electron chi connectivity index (χ0n) is 17.3. The maximum Gasteiger partial charge on any atom is 0.225 e. The number of morpholine rings is 1. The van der Waals surface area contributed by atoms with Crippen LogP contribution in [0.1, 0.15) is 13.8 Å². The van der Waals surface area contributed by atoms with Crippen LogP contribution >= 0.6 is 12.4 Å². The van der Waals surface area contributed by atoms with Crippen LogP contribution in [0.3, 0.4) is 0 Å². The first-order valence-electron chi connectivity index (χ1n) is 10.0. The largest absolute Gasteiger partial charge is 0.379 e. The highest BCUT2D eigenvalue weighted by atomic mass is 35.5. The van der Waals surface area contributed by atoms with Gasteiger partial charge < -0.3 is 19.9 Å². The number of hydrogen-bond donors (Lipinski definition) is 1. The lowest BCUT2D eigenvalue weighted by Gasteiger charge is -2.36. The number of nitrogens with one attached hydrogen (secondary N) is 1. The van der Waals surface area contributed by atoms with Crippen molar-refractivity contribution in [3.8, 4) is 0 Å². The van der Waals surface area contributed by atoms with E-state index < -0.39 is 17.5 Å². The van der Waals surface area contributed by atoms with Gasteiger partial charge in [0.2, 0.25) is 23.4 Å². The van der Waals surface area contributed by atoms with Gasteiger partial charge in [-0.1, -0.05) is 13.8 Å². The molecule has 0 atom stereocenters. The number of nitrogens with zero attached hydrogens (tertiary/aromatic N) is 4. The third kappa shape index (κ3) is 5.67. The lowest BCUT2D eigenvalue weighted by molar-refractivity contribution is -0.134. The Labute approximate surface area is 181 Å². The van der Waals surface area contributed by atoms with E-state index in [9.17, 15) is 18.0 Å². The summed E-state index contributed by atoms with van der Waals surface area (Å²) >= 11 is 0. The molecule has 3 heterocycles. The summed E-state index contributed by atoms with van der Waals surface area (Å²) in [6, 6.07) is 0. The van der Waals surface area contributed by atoms with E-state index in [0.29, 0.717) is 52.5 Å². The minimum absolute atomic E-state index is 0. The molecule has 11 heteroatoms. The second-order valence-electron chi connectivity index (χ2n) is 7.57. The molecule has 1 amide bonds. The van der Waals surface area contributed by atoms with Crippen molar-refractivity contribution < 1.29 is 22.7 Å². The Morgan fingerprint density at radius 1 is 1.03 bits per heavy atom. The van der Waals surface area contributed by atoms with Crippen molar-refractivity contribution in [1.29, 1.82) is 0 Å². The number of piperazine rings is 1. The Hall–Kier alpha value is -1.78. The number of rotatable bonds is 6. The standard InChI is InChI=1S/C19H28F3N5O2.ClH/c1-13(2)19(28)27-7-5-26(6-8-27)18-16(22)14(20)15(21)17(24-18)23-3-4-25-9-11-29-12-10-25;/h13H,3-12H2,1-2H3,(H,23,24);1H. The van der Waals surface area contributed by atoms with E-state index in [1.54, 1.807) is 9.80 Å². The van der Waals surface area contributed by atoms with E-state index >= 15 is 0 Å². The first-order valence-corrected chi connectivity index (χ1v) is 10.0. The second kappa shape index (κ2) is 11.0. The van der Waals surface area contributed by atoms with Crippen LogP contribution in [0.5, 0.6) is 0 Å². The predicted octanol–water partition coefficient (Wildman–Crippen LogP) is 1.97. The number of halogens is 4. The fourth-order valence-corrected chi connectivity index (χ4v) is 3.49. The minimum atomic E-state index is -1.54. The van der Waals surface area contributed by atoms with Gasteiger partial charge >= 0.3 is 0 Å². The highest BCUT2D eigenvalue weighted by Crippen LogP contribution is 2.27. The van der Waals surface area contributed by atoms with Gasteiger partial charge in [-0.05, 0) is 0 Å². The monoisotopic (exact) mass is 451 g/mol. The average Bonchev–Trinajstić information content (AvgIpc) is 2.74. The summed E-state index contributed by atoms with van der Waals surface area (Å²) in [5.74, 6) is -4.78. The summed E-state index contributed by atoms with van der Waals surface area (Å²) in [6.07, 6.45) is 0. The molecule has 1 aromatic rings. The quantitative estimate of drug-likeness (QED) is 0.713. The fourth-order valence-electron chi connectivity index (χ4n) is 3.49. The van der Waals surface area contributed by atoms with Gasteiger partial charge in [-0.15, -0.1) is 12.4 Å². The molecule has 0 spiro atoms. The van der Waals surface area contributed by atoms with Crippen LogP contribution in [0.25, 0.3) is 0 Å². The topological polar surface area (TPSA) is 60.9 Å². The van der Waals surface area contributed by atoms with Crippen LogP contribution in [0.15, 0.2) is 0 Å². The summed E-state index contributed by atoms with van der Waals surface area (Å²) in [6.45, 7) is 8.84. The SMILES string of the molecule is CC(C)C(=O)N1CCN(c2nc(NCCN3CCOCC3)c(F)c(F)c2F)CC1.Cl. The Balaban J connectivity index is 0.00000320. The molecule has 0 aliphatic carbocycles. The number of anilines is 2. The summed E-state index contributed by atoms with van der Waals surface area (Å²) in [7, 11) is 0. The van der Waals surface area contributed by atoms with Gasteiger partial charge in [-0.2, -0.15) is 8.78 Å². The van der Waals surface area contributed by atoms with Gasteiger partial charge in [-0.3, -0.25) is 9.69 Å². The Morgan fingerprint density at radius 3 is 2.27 bits per heavy atom. The maximum absolute atomic E-state index is 14.4. The van der Waals surface area contributed by atoms with Crippen molar-refractivity contribution in [2.45, 2.75) is 13.8 Å². The van der Waals surface area contributed by atoms with Gasteiger partial charge in [0.1, 0.15) is 0 Å². The van der Waals surface area contributed by atoms with Crippen LogP contribution < -0.4 is 10.2 Å². The van der Waals surface area contributed by atoms with E-state index in [1.165, 1.54) is 0 Å². The smallest absolute Gasteiger partial charge is 0.225 e. The van der Waals surface area contributed by atoms with Crippen LogP contribution in [0.4, 0.5) is 24.8 Å². The van der Waals surface area contributed by atoms with E-state index in [2.05, 4.69) is 15.2 Å². The molecule has 0 unspecified atom stereocenters. The van der Waals surface area contributed by atoms with Crippen LogP contribution in [-0.2, 0) is 9.53 Å². The van der Waals surface area contributed by atoms with Crippen molar-refractivity contribution in [2.75, 3.05) is 75.8 Å². The predicted molar refractivity (Wildman–Crippen MR) is 111 cm³/mol. The molecule has 3 rings (SSSR count). The van der Waals surface area contributed by atoms with E-state index in [4.69, 9.17) is 4.74 Å². The normalized spacial score (nSPS) is 17.8. The summed E-state index contributed by atoms with van der Waals surface area (Å²) in [5, 5.41) is 2.78. The molecule has 7 nitrogen and oxygen atoms in total. The minimum Gasteiger partial charge on any atom is -0.379 e. The lowest BCUT2D eigenvalue weighted by Crippen LogP contribution is -2.50. The molecule has 2 aliphatic heterocycles. The van der Waals surface area contributed by atoms with Crippen molar-refractivity contribution >= 4 is 29.9 Å². The van der Waals surface area contributed by atoms with Crippen molar-refractivity contribution in [3.05, 3.63) is 17.5 Å². The Kier molecular flexibility index (Phi) is 8.99. The number of hydrogen-bond acceptors (Lipinski definition) is 6. The van der Waals surface area contributed by atoms with Gasteiger partial charge in [0, 0.05) is 58.3 Å². The molecule has 0 aromatic carbocycles. The lowest BCUT2D eigenvalue weighted by atomic mass is 10.1. The molecule has 2 fully saturated rings. The number of aromatic nitrogens is 1. The number of pyridine rings is 1. The van der Waals surface area contributed by atoms with Crippen molar-refractivity contribution in [1.82, 2.24) is 14.8 Å². The Morgan fingerprint density at radius 2 is 1.67 bits per heavy atom. The number of amides is 1. The van der Waals surface area contributed by atoms with E-state index in [0.717, 1.165) is 13.1 Å². The van der Waals surface area contributed by atoms with Crippen molar-refractivity contribution in [2.24, 2.45) is 5.92 Å². The average molecular weight is 452 g/mol. The molecule has 0 bridgehead atoms. The van der Waals surface area contributed by atoms with Crippen LogP contribution in [0.2, 0.25) is 0 Å². The van der Waals surface area contributed by atoms with Gasteiger partial charge in [0.05, 0.1) is 13.2 Å². The first-order chi connectivity index (χ1) is 13.9. The highest BCUT2D eigenvalue weighted by molar-refractivity contribution is 5.85. The summed E-state index contributed by atoms with van der Waals surface area (Å²) in [5.41, 5.74) is 0. The number of ether oxygens (including phenoxy) is 1. The molecule has 0 radical (unpaired) electrons. The molecule has 1 aromatic heterocycles. The van der Waals surface area contributed by atoms with Crippen molar-refractivity contribution in [3.63, 3.8) is 0 Å². The number of carbonyl (C=O) groups is 1. The third-order valence-corrected chi connectivity index (χ3v) is 5.22. The van der Waals surface area contributed by atoms with Gasteiger partial charge in [0.25, 0.3) is 0 Å². The molecule has 2 saturated heterocycles. The summed E-state index contributed by atoms with van der Waals surface area (Å²) < 4.78 is 48.0. The summed E-state index contributed by atoms with van der Waals surface area (Å²) in [4.78, 5) is 21.5. The van der Waals surface area contributed by atoms with Gasteiger partial charge in [0.15, 0.2) is 11.6 Å². The first kappa shape index (κ1) is 24.5. The van der Waals surface area contributed by atoms with Crippen LogP contribution in [0, 0.1) is 23.4 Å². The van der Waals surface area contributed by atoms with Gasteiger partial charge in [-0.25, -0.2) is 9.37 Å². The fraction of sp³-hybridized carbons (Fsp3) is 0.684. The molecule has 170 valence electrons. The highest BCUT2D eigenvalue weighted by Gasteiger charge is 2.28. The molecular formula is C19H29ClF3N5O2. The molecule has 30 heavy (non-hydrogen) atoms. The number of carbonyl (C=O) groups excluding carboxylic acids is 1. The maximum atomic E-state index is 14.4. The Bertz CT molecular complexity index is 727. The molecule has 0 saturated carbocycles. The molecule has 1 N–H and O–H groups in total.